The number of aromatic nitrogens is 1. The topological polar surface area (TPSA) is 120 Å². The quantitative estimate of drug-likeness (QED) is 0.738. The van der Waals surface area contributed by atoms with Crippen molar-refractivity contribution in [2.45, 2.75) is 6.10 Å². The Labute approximate surface area is 145 Å². The summed E-state index contributed by atoms with van der Waals surface area (Å²) in [6, 6.07) is 3.50. The molecule has 1 atom stereocenters. The van der Waals surface area contributed by atoms with Crippen molar-refractivity contribution in [1.29, 1.82) is 0 Å². The smallest absolute Gasteiger partial charge is 0.328 e. The molecule has 1 aliphatic rings. The molecule has 2 rings (SSSR count). The predicted octanol–water partition coefficient (Wildman–Crippen LogP) is 0.188. The maximum Gasteiger partial charge on any atom is 0.328 e. The van der Waals surface area contributed by atoms with Gasteiger partial charge in [-0.2, -0.15) is 0 Å². The van der Waals surface area contributed by atoms with Gasteiger partial charge in [-0.3, -0.25) is 4.79 Å². The number of amides is 1. The van der Waals surface area contributed by atoms with E-state index in [4.69, 9.17) is 14.9 Å². The second-order valence-electron chi connectivity index (χ2n) is 5.55. The second-order valence-corrected chi connectivity index (χ2v) is 5.55. The van der Waals surface area contributed by atoms with Crippen molar-refractivity contribution < 1.29 is 29.3 Å². The molecular weight excluding hydrogens is 330 g/mol. The average molecular weight is 351 g/mol. The van der Waals surface area contributed by atoms with Crippen LogP contribution in [0.15, 0.2) is 30.5 Å². The molecule has 1 aliphatic heterocycles. The van der Waals surface area contributed by atoms with Crippen LogP contribution >= 0.6 is 0 Å². The number of hydrogen-bond donors (Lipinski definition) is 2. The molecule has 0 bridgehead atoms. The largest absolute Gasteiger partial charge is 0.478 e. The summed E-state index contributed by atoms with van der Waals surface area (Å²) in [5, 5.41) is 15.6. The highest BCUT2D eigenvalue weighted by molar-refractivity contribution is 5.96. The van der Waals surface area contributed by atoms with E-state index in [0.717, 1.165) is 6.54 Å². The minimum atomic E-state index is -1.26. The van der Waals surface area contributed by atoms with E-state index in [-0.39, 0.29) is 12.0 Å². The summed E-state index contributed by atoms with van der Waals surface area (Å²) in [6.07, 6.45) is 2.71. The zero-order valence-electron chi connectivity index (χ0n) is 14.2. The number of rotatable bonds is 4. The van der Waals surface area contributed by atoms with E-state index in [2.05, 4.69) is 4.98 Å². The van der Waals surface area contributed by atoms with Crippen molar-refractivity contribution in [2.24, 2.45) is 0 Å². The van der Waals surface area contributed by atoms with Crippen molar-refractivity contribution in [3.05, 3.63) is 36.0 Å². The molecule has 0 aromatic carbocycles. The Morgan fingerprint density at radius 2 is 1.96 bits per heavy atom. The van der Waals surface area contributed by atoms with Crippen molar-refractivity contribution in [2.75, 3.05) is 34.2 Å². The number of likely N-dealkylation sites (N-methyl/N-ethyl adjacent to an activating group) is 2. The highest BCUT2D eigenvalue weighted by Gasteiger charge is 2.27. The molecule has 2 heterocycles. The van der Waals surface area contributed by atoms with Gasteiger partial charge in [0.1, 0.15) is 11.7 Å². The molecule has 0 saturated carbocycles. The summed E-state index contributed by atoms with van der Waals surface area (Å²) >= 11 is 0. The third kappa shape index (κ3) is 7.00. The number of aliphatic carboxylic acids is 2. The second kappa shape index (κ2) is 9.38. The first-order valence-corrected chi connectivity index (χ1v) is 7.36. The fraction of sp³-hybridized carbons (Fsp3) is 0.375. The first-order valence-electron chi connectivity index (χ1n) is 7.36. The van der Waals surface area contributed by atoms with Gasteiger partial charge in [-0.05, 0) is 26.2 Å². The standard InChI is InChI=1S/C12H17N3O2.C4H4O4/c1-14(2)7-9-8-15(3)12(16)10-5-4-6-13-11(10)17-9;5-3(6)1-2-4(7)8/h4-6,9H,7-8H2,1-3H3;1-2H,(H,5,6)(H,7,8)/b;2-1+. The summed E-state index contributed by atoms with van der Waals surface area (Å²) in [5.74, 6) is -2.11. The fourth-order valence-electron chi connectivity index (χ4n) is 2.08. The number of carbonyl (C=O) groups excluding carboxylic acids is 1. The normalized spacial score (nSPS) is 16.6. The lowest BCUT2D eigenvalue weighted by molar-refractivity contribution is -0.134. The number of carbonyl (C=O) groups is 3. The van der Waals surface area contributed by atoms with Crippen LogP contribution < -0.4 is 4.74 Å². The van der Waals surface area contributed by atoms with Crippen LogP contribution in [0, 0.1) is 0 Å². The molecule has 2 N–H and O–H groups in total. The van der Waals surface area contributed by atoms with Crippen LogP contribution in [-0.4, -0.2) is 83.2 Å². The molecule has 0 aliphatic carbocycles. The minimum absolute atomic E-state index is 0.0330. The third-order valence-electron chi connectivity index (χ3n) is 3.04. The molecular formula is C16H21N3O6. The van der Waals surface area contributed by atoms with Crippen LogP contribution in [0.3, 0.4) is 0 Å². The lowest BCUT2D eigenvalue weighted by Crippen LogP contribution is -2.39. The van der Waals surface area contributed by atoms with Crippen LogP contribution in [0.25, 0.3) is 0 Å². The Kier molecular flexibility index (Phi) is 7.54. The molecule has 0 fully saturated rings. The summed E-state index contributed by atoms with van der Waals surface area (Å²) in [7, 11) is 5.75. The number of fused-ring (bicyclic) bond motifs is 1. The number of carboxylic acids is 2. The Bertz CT molecular complexity index is 643. The first kappa shape index (κ1) is 20.1. The SMILES string of the molecule is CN(C)CC1CN(C)C(=O)c2cccnc2O1.O=C(O)/C=C/C(=O)O. The van der Waals surface area contributed by atoms with Gasteiger partial charge in [-0.1, -0.05) is 0 Å². The summed E-state index contributed by atoms with van der Waals surface area (Å²) < 4.78 is 5.79. The van der Waals surface area contributed by atoms with Gasteiger partial charge in [0.25, 0.3) is 5.91 Å². The van der Waals surface area contributed by atoms with Gasteiger partial charge in [0.2, 0.25) is 5.88 Å². The van der Waals surface area contributed by atoms with Crippen LogP contribution in [0.2, 0.25) is 0 Å². The molecule has 1 unspecified atom stereocenters. The van der Waals surface area contributed by atoms with E-state index in [0.29, 0.717) is 30.1 Å². The Balaban J connectivity index is 0.000000333. The molecule has 136 valence electrons. The summed E-state index contributed by atoms with van der Waals surface area (Å²) in [5.41, 5.74) is 0.538. The Morgan fingerprint density at radius 3 is 2.48 bits per heavy atom. The average Bonchev–Trinajstić information content (AvgIpc) is 2.63. The van der Waals surface area contributed by atoms with Gasteiger partial charge in [-0.15, -0.1) is 0 Å². The summed E-state index contributed by atoms with van der Waals surface area (Å²) in [6.45, 7) is 1.33. The highest BCUT2D eigenvalue weighted by Crippen LogP contribution is 2.21. The van der Waals surface area contributed by atoms with Crippen molar-refractivity contribution in [3.8, 4) is 5.88 Å². The maximum atomic E-state index is 12.1. The predicted molar refractivity (Wildman–Crippen MR) is 88.6 cm³/mol. The van der Waals surface area contributed by atoms with Gasteiger partial charge in [0, 0.05) is 31.9 Å². The van der Waals surface area contributed by atoms with Gasteiger partial charge >= 0.3 is 11.9 Å². The molecule has 0 spiro atoms. The lowest BCUT2D eigenvalue weighted by atomic mass is 10.2. The van der Waals surface area contributed by atoms with Crippen molar-refractivity contribution in [3.63, 3.8) is 0 Å². The number of nitrogens with zero attached hydrogens (tertiary/aromatic N) is 3. The molecule has 1 aromatic heterocycles. The van der Waals surface area contributed by atoms with E-state index >= 15 is 0 Å². The number of pyridine rings is 1. The van der Waals surface area contributed by atoms with Crippen LogP contribution in [0.5, 0.6) is 5.88 Å². The third-order valence-corrected chi connectivity index (χ3v) is 3.04. The lowest BCUT2D eigenvalue weighted by Gasteiger charge is -2.22. The molecule has 9 nitrogen and oxygen atoms in total. The zero-order valence-corrected chi connectivity index (χ0v) is 14.2. The maximum absolute atomic E-state index is 12.1. The van der Waals surface area contributed by atoms with Crippen molar-refractivity contribution in [1.82, 2.24) is 14.8 Å². The zero-order chi connectivity index (χ0) is 19.0. The number of ether oxygens (including phenoxy) is 1. The fourth-order valence-corrected chi connectivity index (χ4v) is 2.08. The van der Waals surface area contributed by atoms with Gasteiger partial charge in [-0.25, -0.2) is 14.6 Å². The molecule has 9 heteroatoms. The Morgan fingerprint density at radius 1 is 1.36 bits per heavy atom. The van der Waals surface area contributed by atoms with Crippen molar-refractivity contribution >= 4 is 17.8 Å². The highest BCUT2D eigenvalue weighted by atomic mass is 16.5. The number of hydrogen-bond acceptors (Lipinski definition) is 6. The van der Waals surface area contributed by atoms with E-state index in [1.807, 2.05) is 19.0 Å². The molecule has 1 amide bonds. The molecule has 1 aromatic rings. The number of carboxylic acid groups (broad SMARTS) is 2. The van der Waals surface area contributed by atoms with Gasteiger partial charge in [0.05, 0.1) is 6.54 Å². The van der Waals surface area contributed by atoms with E-state index < -0.39 is 11.9 Å². The molecule has 0 saturated heterocycles. The minimum Gasteiger partial charge on any atom is -0.478 e. The van der Waals surface area contributed by atoms with Gasteiger partial charge < -0.3 is 24.7 Å². The summed E-state index contributed by atoms with van der Waals surface area (Å²) in [4.78, 5) is 39.0. The molecule has 25 heavy (non-hydrogen) atoms. The van der Waals surface area contributed by atoms with Crippen LogP contribution in [0.4, 0.5) is 0 Å². The van der Waals surface area contributed by atoms with Gasteiger partial charge in [0.15, 0.2) is 0 Å². The van der Waals surface area contributed by atoms with Crippen LogP contribution in [0.1, 0.15) is 10.4 Å². The monoisotopic (exact) mass is 351 g/mol. The molecule has 0 radical (unpaired) electrons. The van der Waals surface area contributed by atoms with E-state index in [1.165, 1.54) is 0 Å². The van der Waals surface area contributed by atoms with E-state index in [9.17, 15) is 14.4 Å². The Hall–Kier alpha value is -2.94. The van der Waals surface area contributed by atoms with E-state index in [1.54, 1.807) is 30.3 Å². The van der Waals surface area contributed by atoms with Crippen LogP contribution in [-0.2, 0) is 9.59 Å². The first-order chi connectivity index (χ1) is 11.7.